The van der Waals surface area contributed by atoms with E-state index in [9.17, 15) is 14.4 Å². The van der Waals surface area contributed by atoms with Gasteiger partial charge in [-0.3, -0.25) is 14.9 Å². The molecule has 0 radical (unpaired) electrons. The van der Waals surface area contributed by atoms with Crippen LogP contribution in [0.3, 0.4) is 0 Å². The Balaban J connectivity index is 2.77. The van der Waals surface area contributed by atoms with E-state index in [-0.39, 0.29) is 0 Å². The van der Waals surface area contributed by atoms with Crippen LogP contribution >= 0.6 is 7.60 Å². The van der Waals surface area contributed by atoms with Crippen LogP contribution in [-0.2, 0) is 4.57 Å². The largest absolute Gasteiger partial charge is 0.348 e. The number of unbranched alkanes of at least 4 members (excludes halogenated alkanes) is 1. The molecule has 1 aromatic heterocycles. The second-order valence-corrected chi connectivity index (χ2v) is 5.25. The molecule has 0 fully saturated rings. The first-order valence-electron chi connectivity index (χ1n) is 5.25. The van der Waals surface area contributed by atoms with Gasteiger partial charge in [-0.25, -0.2) is 0 Å². The first-order chi connectivity index (χ1) is 7.55. The number of nitrogens with zero attached hydrogens (tertiary/aromatic N) is 1. The molecule has 0 saturated heterocycles. The van der Waals surface area contributed by atoms with Crippen LogP contribution in [0.2, 0.25) is 0 Å². The topological polar surface area (TPSA) is 82.5 Å². The van der Waals surface area contributed by atoms with Gasteiger partial charge in [-0.2, -0.15) is 0 Å². The average Bonchev–Trinajstić information content (AvgIpc) is 2.24. The molecule has 1 atom stereocenters. The zero-order valence-corrected chi connectivity index (χ0v) is 10.1. The summed E-state index contributed by atoms with van der Waals surface area (Å²) < 4.78 is 11.3. The number of hydrogen-bond donors (Lipinski definition) is 3. The lowest BCUT2D eigenvalue weighted by Gasteiger charge is -2.19. The Morgan fingerprint density at radius 1 is 1.50 bits per heavy atom. The van der Waals surface area contributed by atoms with Crippen molar-refractivity contribution in [2.45, 2.75) is 25.5 Å². The van der Waals surface area contributed by atoms with Gasteiger partial charge >= 0.3 is 7.60 Å². The Bertz CT molecular complexity index is 352. The van der Waals surface area contributed by atoms with Gasteiger partial charge in [0.25, 0.3) is 0 Å². The monoisotopic (exact) mass is 244 g/mol. The van der Waals surface area contributed by atoms with E-state index in [0.717, 1.165) is 12.8 Å². The average molecular weight is 244 g/mol. The Kier molecular flexibility index (Phi) is 5.09. The molecule has 1 rings (SSSR count). The third-order valence-corrected chi connectivity index (χ3v) is 3.29. The highest BCUT2D eigenvalue weighted by molar-refractivity contribution is 7.52. The third kappa shape index (κ3) is 4.02. The second kappa shape index (κ2) is 6.11. The van der Waals surface area contributed by atoms with Gasteiger partial charge in [0, 0.05) is 6.20 Å². The van der Waals surface area contributed by atoms with Gasteiger partial charge in [0.15, 0.2) is 5.78 Å². The lowest BCUT2D eigenvalue weighted by Crippen LogP contribution is -2.23. The summed E-state index contributed by atoms with van der Waals surface area (Å²) in [5.41, 5.74) is 0.381. The molecule has 1 unspecified atom stereocenters. The van der Waals surface area contributed by atoms with Crippen LogP contribution in [0.1, 0.15) is 31.2 Å². The van der Waals surface area contributed by atoms with Gasteiger partial charge in [0.2, 0.25) is 0 Å². The summed E-state index contributed by atoms with van der Waals surface area (Å²) >= 11 is 0. The highest BCUT2D eigenvalue weighted by Crippen LogP contribution is 2.49. The van der Waals surface area contributed by atoms with Crippen LogP contribution in [-0.4, -0.2) is 21.3 Å². The quantitative estimate of drug-likeness (QED) is 0.523. The predicted molar refractivity (Wildman–Crippen MR) is 61.9 cm³/mol. The zero-order chi connectivity index (χ0) is 12.0. The van der Waals surface area contributed by atoms with Gasteiger partial charge in [0.1, 0.15) is 0 Å². The summed E-state index contributed by atoms with van der Waals surface area (Å²) in [5.74, 6) is -1.000. The molecule has 0 aliphatic carbocycles. The molecule has 90 valence electrons. The molecule has 1 heterocycles. The molecule has 0 aliphatic heterocycles. The number of hydrogen-bond acceptors (Lipinski definition) is 3. The van der Waals surface area contributed by atoms with Crippen molar-refractivity contribution in [2.75, 3.05) is 6.54 Å². The number of pyridine rings is 1. The Labute approximate surface area is 95.1 Å². The van der Waals surface area contributed by atoms with E-state index in [1.54, 1.807) is 18.2 Å². The fraction of sp³-hybridized carbons (Fsp3) is 0.500. The number of nitrogens with one attached hydrogen (secondary N) is 1. The minimum atomic E-state index is -4.21. The number of aromatic nitrogens is 1. The van der Waals surface area contributed by atoms with Crippen molar-refractivity contribution in [3.8, 4) is 0 Å². The zero-order valence-electron chi connectivity index (χ0n) is 9.21. The van der Waals surface area contributed by atoms with Gasteiger partial charge in [-0.15, -0.1) is 0 Å². The summed E-state index contributed by atoms with van der Waals surface area (Å²) in [6.07, 6.45) is 3.38. The van der Waals surface area contributed by atoms with Crippen molar-refractivity contribution in [3.05, 3.63) is 30.1 Å². The van der Waals surface area contributed by atoms with E-state index in [0.29, 0.717) is 12.2 Å². The van der Waals surface area contributed by atoms with Gasteiger partial charge in [-0.05, 0) is 25.1 Å². The van der Waals surface area contributed by atoms with E-state index in [1.807, 2.05) is 6.92 Å². The number of rotatable bonds is 6. The maximum absolute atomic E-state index is 11.3. The second-order valence-electron chi connectivity index (χ2n) is 3.55. The smallest absolute Gasteiger partial charge is 0.323 e. The van der Waals surface area contributed by atoms with Crippen LogP contribution in [0.5, 0.6) is 0 Å². The molecule has 16 heavy (non-hydrogen) atoms. The summed E-state index contributed by atoms with van der Waals surface area (Å²) in [5, 5.41) is 2.85. The third-order valence-electron chi connectivity index (χ3n) is 2.17. The molecule has 3 N–H and O–H groups in total. The van der Waals surface area contributed by atoms with Crippen LogP contribution in [0, 0.1) is 0 Å². The van der Waals surface area contributed by atoms with Crippen LogP contribution < -0.4 is 5.32 Å². The lowest BCUT2D eigenvalue weighted by molar-refractivity contribution is 0.346. The maximum Gasteiger partial charge on any atom is 0.348 e. The lowest BCUT2D eigenvalue weighted by atomic mass is 10.3. The minimum Gasteiger partial charge on any atom is -0.323 e. The maximum atomic E-state index is 11.3. The molecule has 5 nitrogen and oxygen atoms in total. The van der Waals surface area contributed by atoms with E-state index in [2.05, 4.69) is 10.3 Å². The van der Waals surface area contributed by atoms with Crippen molar-refractivity contribution in [1.29, 1.82) is 0 Å². The van der Waals surface area contributed by atoms with Gasteiger partial charge < -0.3 is 9.79 Å². The van der Waals surface area contributed by atoms with Gasteiger partial charge in [0.05, 0.1) is 5.69 Å². The molecule has 1 aromatic rings. The fourth-order valence-electron chi connectivity index (χ4n) is 1.35. The van der Waals surface area contributed by atoms with E-state index < -0.39 is 13.4 Å². The van der Waals surface area contributed by atoms with E-state index in [1.165, 1.54) is 6.20 Å². The Hall–Kier alpha value is -0.740. The van der Waals surface area contributed by atoms with Crippen molar-refractivity contribution in [3.63, 3.8) is 0 Å². The van der Waals surface area contributed by atoms with Gasteiger partial charge in [-0.1, -0.05) is 19.4 Å². The fourth-order valence-corrected chi connectivity index (χ4v) is 2.21. The summed E-state index contributed by atoms with van der Waals surface area (Å²) in [6, 6.07) is 5.04. The Morgan fingerprint density at radius 3 is 2.75 bits per heavy atom. The first kappa shape index (κ1) is 13.3. The highest BCUT2D eigenvalue weighted by Gasteiger charge is 2.30. The van der Waals surface area contributed by atoms with Crippen molar-refractivity contribution >= 4 is 7.60 Å². The van der Waals surface area contributed by atoms with Crippen molar-refractivity contribution in [2.24, 2.45) is 0 Å². The first-order valence-corrected chi connectivity index (χ1v) is 6.93. The summed E-state index contributed by atoms with van der Waals surface area (Å²) in [7, 11) is -4.21. The Morgan fingerprint density at radius 2 is 2.25 bits per heavy atom. The summed E-state index contributed by atoms with van der Waals surface area (Å²) in [6.45, 7) is 2.60. The molecule has 6 heteroatoms. The normalized spacial score (nSPS) is 13.7. The van der Waals surface area contributed by atoms with Crippen LogP contribution in [0.4, 0.5) is 0 Å². The highest BCUT2D eigenvalue weighted by atomic mass is 31.2. The molecule has 0 aromatic carbocycles. The molecule has 0 bridgehead atoms. The molecular weight excluding hydrogens is 227 g/mol. The molecule has 0 aliphatic rings. The standard InChI is InChI=1S/C10H17N2O3P/c1-2-3-7-12-10(16(13,14)15)9-6-4-5-8-11-9/h4-6,8,10,12H,2-3,7H2,1H3,(H2,13,14,15). The van der Waals surface area contributed by atoms with Crippen LogP contribution in [0.15, 0.2) is 24.4 Å². The van der Waals surface area contributed by atoms with E-state index in [4.69, 9.17) is 0 Å². The SMILES string of the molecule is CCCCNC(c1ccccn1)P(=O)(O)O. The van der Waals surface area contributed by atoms with Crippen LogP contribution in [0.25, 0.3) is 0 Å². The molecule has 0 saturated carbocycles. The molecule has 0 spiro atoms. The van der Waals surface area contributed by atoms with Crippen molar-refractivity contribution in [1.82, 2.24) is 10.3 Å². The predicted octanol–water partition coefficient (Wildman–Crippen LogP) is 1.65. The van der Waals surface area contributed by atoms with E-state index >= 15 is 0 Å². The minimum absolute atomic E-state index is 0.381. The molecule has 0 amide bonds. The van der Waals surface area contributed by atoms with Crippen molar-refractivity contribution < 1.29 is 14.4 Å². The summed E-state index contributed by atoms with van der Waals surface area (Å²) in [4.78, 5) is 22.4. The molecular formula is C10H17N2O3P.